The van der Waals surface area contributed by atoms with Gasteiger partial charge < -0.3 is 9.33 Å². The number of rotatable bonds is 4. The zero-order chi connectivity index (χ0) is 9.68. The molecular weight excluding hydrogens is 178 g/mol. The molecule has 0 aliphatic carbocycles. The van der Waals surface area contributed by atoms with Crippen LogP contribution in [0.15, 0.2) is 30.3 Å². The monoisotopic (exact) mass is 195 g/mol. The normalized spacial score (nSPS) is 13.5. The van der Waals surface area contributed by atoms with Crippen LogP contribution in [0.25, 0.3) is 0 Å². The summed E-state index contributed by atoms with van der Waals surface area (Å²) in [6, 6.07) is 10.4. The zero-order valence-corrected chi connectivity index (χ0v) is 10.5. The number of likely N-dealkylation sites (N-methyl/N-ethyl adjacent to an activating group) is 1. The molecule has 13 heavy (non-hydrogen) atoms. The van der Waals surface area contributed by atoms with Crippen molar-refractivity contribution in [3.63, 3.8) is 0 Å². The highest BCUT2D eigenvalue weighted by Gasteiger charge is 2.09. The maximum Gasteiger partial charge on any atom is 0.146 e. The van der Waals surface area contributed by atoms with Crippen LogP contribution in [0.5, 0.6) is 0 Å². The molecular formula is C10H17NOSi. The fourth-order valence-corrected chi connectivity index (χ4v) is 1.74. The first-order valence-electron chi connectivity index (χ1n) is 4.46. The highest BCUT2D eigenvalue weighted by atomic mass is 28.2. The Morgan fingerprint density at radius 1 is 1.31 bits per heavy atom. The van der Waals surface area contributed by atoms with E-state index in [0.717, 1.165) is 17.0 Å². The average molecular weight is 195 g/mol. The Balaban J connectivity index is 2.67. The summed E-state index contributed by atoms with van der Waals surface area (Å²) >= 11 is 0. The van der Waals surface area contributed by atoms with Crippen molar-refractivity contribution in [2.75, 3.05) is 20.6 Å². The van der Waals surface area contributed by atoms with E-state index >= 15 is 0 Å². The summed E-state index contributed by atoms with van der Waals surface area (Å²) in [6.45, 7) is 0.952. The third kappa shape index (κ3) is 3.30. The van der Waals surface area contributed by atoms with Crippen LogP contribution in [0, 0.1) is 0 Å². The minimum absolute atomic E-state index is 0.239. The molecule has 0 aliphatic rings. The van der Waals surface area contributed by atoms with E-state index in [2.05, 4.69) is 43.3 Å². The van der Waals surface area contributed by atoms with Crippen molar-refractivity contribution in [2.45, 2.75) is 6.10 Å². The number of nitrogens with zero attached hydrogens (tertiary/aromatic N) is 1. The molecule has 3 heteroatoms. The van der Waals surface area contributed by atoms with Crippen LogP contribution in [-0.2, 0) is 4.43 Å². The third-order valence-corrected chi connectivity index (χ3v) is 2.56. The Kier molecular flexibility index (Phi) is 4.15. The van der Waals surface area contributed by atoms with Crippen LogP contribution in [0.4, 0.5) is 0 Å². The van der Waals surface area contributed by atoms with Crippen molar-refractivity contribution in [1.82, 2.24) is 4.90 Å². The molecule has 0 saturated heterocycles. The largest absolute Gasteiger partial charge is 0.420 e. The molecule has 0 radical (unpaired) electrons. The van der Waals surface area contributed by atoms with Crippen molar-refractivity contribution in [1.29, 1.82) is 0 Å². The van der Waals surface area contributed by atoms with Crippen molar-refractivity contribution >= 4 is 10.5 Å². The molecule has 0 amide bonds. The molecule has 1 unspecified atom stereocenters. The lowest BCUT2D eigenvalue weighted by atomic mass is 10.1. The smallest absolute Gasteiger partial charge is 0.146 e. The third-order valence-electron chi connectivity index (χ3n) is 1.99. The van der Waals surface area contributed by atoms with E-state index in [1.54, 1.807) is 0 Å². The molecule has 0 N–H and O–H groups in total. The van der Waals surface area contributed by atoms with E-state index < -0.39 is 0 Å². The summed E-state index contributed by atoms with van der Waals surface area (Å²) in [7, 11) is 4.92. The summed E-state index contributed by atoms with van der Waals surface area (Å²) in [5.74, 6) is 0. The zero-order valence-electron chi connectivity index (χ0n) is 8.53. The molecule has 1 aromatic rings. The van der Waals surface area contributed by atoms with Gasteiger partial charge in [-0.2, -0.15) is 0 Å². The molecule has 0 saturated carbocycles. The molecule has 72 valence electrons. The van der Waals surface area contributed by atoms with E-state index in [4.69, 9.17) is 4.43 Å². The minimum atomic E-state index is 0.239. The van der Waals surface area contributed by atoms with Crippen LogP contribution < -0.4 is 0 Å². The van der Waals surface area contributed by atoms with E-state index in [-0.39, 0.29) is 6.10 Å². The van der Waals surface area contributed by atoms with Crippen molar-refractivity contribution in [3.8, 4) is 0 Å². The summed E-state index contributed by atoms with van der Waals surface area (Å²) in [5, 5.41) is 0. The van der Waals surface area contributed by atoms with Crippen LogP contribution in [-0.4, -0.2) is 36.0 Å². The average Bonchev–Trinajstić information content (AvgIpc) is 2.15. The Labute approximate surface area is 83.1 Å². The molecule has 0 fully saturated rings. The fraction of sp³-hybridized carbons (Fsp3) is 0.400. The molecule has 1 atom stereocenters. The lowest BCUT2D eigenvalue weighted by Crippen LogP contribution is -2.21. The molecule has 0 aromatic heterocycles. The predicted octanol–water partition coefficient (Wildman–Crippen LogP) is 0.586. The van der Waals surface area contributed by atoms with Crippen LogP contribution in [0.2, 0.25) is 0 Å². The lowest BCUT2D eigenvalue weighted by Gasteiger charge is -2.20. The van der Waals surface area contributed by atoms with Gasteiger partial charge in [0.15, 0.2) is 0 Å². The second kappa shape index (κ2) is 5.17. The lowest BCUT2D eigenvalue weighted by molar-refractivity contribution is 0.177. The van der Waals surface area contributed by atoms with Gasteiger partial charge >= 0.3 is 0 Å². The number of hydrogen-bond acceptors (Lipinski definition) is 2. The van der Waals surface area contributed by atoms with E-state index in [0.29, 0.717) is 0 Å². The predicted molar refractivity (Wildman–Crippen MR) is 58.8 cm³/mol. The van der Waals surface area contributed by atoms with Gasteiger partial charge in [-0.05, 0) is 19.7 Å². The van der Waals surface area contributed by atoms with E-state index in [1.165, 1.54) is 5.56 Å². The first-order chi connectivity index (χ1) is 6.24. The Morgan fingerprint density at radius 2 is 1.92 bits per heavy atom. The van der Waals surface area contributed by atoms with Crippen molar-refractivity contribution in [3.05, 3.63) is 35.9 Å². The van der Waals surface area contributed by atoms with Gasteiger partial charge in [0.1, 0.15) is 10.5 Å². The van der Waals surface area contributed by atoms with Gasteiger partial charge in [0.25, 0.3) is 0 Å². The fourth-order valence-electron chi connectivity index (χ4n) is 1.32. The van der Waals surface area contributed by atoms with Gasteiger partial charge in [-0.1, -0.05) is 30.3 Å². The second-order valence-corrected chi connectivity index (χ2v) is 3.87. The number of hydrogen-bond donors (Lipinski definition) is 0. The Bertz CT molecular complexity index is 238. The van der Waals surface area contributed by atoms with Gasteiger partial charge in [-0.3, -0.25) is 0 Å². The molecule has 0 spiro atoms. The Morgan fingerprint density at radius 3 is 2.38 bits per heavy atom. The summed E-state index contributed by atoms with van der Waals surface area (Å²) < 4.78 is 5.54. The topological polar surface area (TPSA) is 12.5 Å². The van der Waals surface area contributed by atoms with Crippen molar-refractivity contribution < 1.29 is 4.43 Å². The summed E-state index contributed by atoms with van der Waals surface area (Å²) in [5.41, 5.74) is 1.27. The van der Waals surface area contributed by atoms with Gasteiger partial charge in [0, 0.05) is 6.54 Å². The maximum absolute atomic E-state index is 5.54. The van der Waals surface area contributed by atoms with Gasteiger partial charge in [0.2, 0.25) is 0 Å². The highest BCUT2D eigenvalue weighted by molar-refractivity contribution is 5.98. The van der Waals surface area contributed by atoms with Gasteiger partial charge in [-0.25, -0.2) is 0 Å². The summed E-state index contributed by atoms with van der Waals surface area (Å²) in [6.07, 6.45) is 0.239. The standard InChI is InChI=1S/C10H17NOSi/c1-11(2)8-10(12-13)9-6-4-3-5-7-9/h3-7,10H,8H2,1-2,13H3. The van der Waals surface area contributed by atoms with Crippen LogP contribution in [0.3, 0.4) is 0 Å². The quantitative estimate of drug-likeness (QED) is 0.652. The molecule has 0 aliphatic heterocycles. The second-order valence-electron chi connectivity index (χ2n) is 3.40. The van der Waals surface area contributed by atoms with E-state index in [1.807, 2.05) is 6.07 Å². The molecule has 0 bridgehead atoms. The molecule has 1 rings (SSSR count). The molecule has 1 aromatic carbocycles. The first-order valence-corrected chi connectivity index (χ1v) is 5.28. The van der Waals surface area contributed by atoms with Crippen molar-refractivity contribution in [2.24, 2.45) is 0 Å². The molecule has 0 heterocycles. The first kappa shape index (κ1) is 10.4. The van der Waals surface area contributed by atoms with Gasteiger partial charge in [-0.15, -0.1) is 0 Å². The van der Waals surface area contributed by atoms with Crippen LogP contribution in [0.1, 0.15) is 11.7 Å². The Hall–Kier alpha value is -0.643. The highest BCUT2D eigenvalue weighted by Crippen LogP contribution is 2.15. The molecule has 2 nitrogen and oxygen atoms in total. The van der Waals surface area contributed by atoms with Gasteiger partial charge in [0.05, 0.1) is 6.10 Å². The SMILES string of the molecule is CN(C)CC(O[SiH3])c1ccccc1. The van der Waals surface area contributed by atoms with E-state index in [9.17, 15) is 0 Å². The summed E-state index contributed by atoms with van der Waals surface area (Å²) in [4.78, 5) is 2.15. The minimum Gasteiger partial charge on any atom is -0.420 e. The number of benzene rings is 1. The van der Waals surface area contributed by atoms with Crippen LogP contribution >= 0.6 is 0 Å². The maximum atomic E-state index is 5.54.